The molecule has 0 radical (unpaired) electrons. The number of urea groups is 1. The summed E-state index contributed by atoms with van der Waals surface area (Å²) in [6.45, 7) is 6.01. The molecule has 1 aliphatic heterocycles. The van der Waals surface area contributed by atoms with E-state index in [1.807, 2.05) is 18.2 Å². The van der Waals surface area contributed by atoms with Gasteiger partial charge in [0.15, 0.2) is 5.16 Å². The van der Waals surface area contributed by atoms with Gasteiger partial charge in [0.25, 0.3) is 0 Å². The summed E-state index contributed by atoms with van der Waals surface area (Å²) in [5, 5.41) is 4.04. The van der Waals surface area contributed by atoms with Crippen molar-refractivity contribution in [2.45, 2.75) is 25.5 Å². The van der Waals surface area contributed by atoms with Crippen molar-refractivity contribution in [2.75, 3.05) is 18.8 Å². The van der Waals surface area contributed by atoms with E-state index in [1.165, 1.54) is 16.7 Å². The molecule has 0 bridgehead atoms. The average Bonchev–Trinajstić information content (AvgIpc) is 3.08. The fraction of sp³-hybridized carbons (Fsp3) is 0.438. The fourth-order valence-corrected chi connectivity index (χ4v) is 3.71. The van der Waals surface area contributed by atoms with Gasteiger partial charge in [-0.25, -0.2) is 9.78 Å². The van der Waals surface area contributed by atoms with Crippen LogP contribution in [0.4, 0.5) is 4.79 Å². The van der Waals surface area contributed by atoms with Crippen molar-refractivity contribution in [1.82, 2.24) is 19.8 Å². The van der Waals surface area contributed by atoms with Gasteiger partial charge >= 0.3 is 6.03 Å². The van der Waals surface area contributed by atoms with Crippen LogP contribution in [0.25, 0.3) is 11.0 Å². The zero-order chi connectivity index (χ0) is 17.3. The minimum atomic E-state index is -0.317. The van der Waals surface area contributed by atoms with Gasteiger partial charge in [-0.05, 0) is 24.1 Å². The maximum absolute atomic E-state index is 12.2. The summed E-state index contributed by atoms with van der Waals surface area (Å²) >= 11 is 7.41. The van der Waals surface area contributed by atoms with E-state index in [-0.39, 0.29) is 17.7 Å². The van der Waals surface area contributed by atoms with E-state index in [1.54, 1.807) is 0 Å². The molecule has 1 N–H and O–H groups in total. The summed E-state index contributed by atoms with van der Waals surface area (Å²) in [5.41, 5.74) is 1.82. The number of benzene rings is 1. The topological polar surface area (TPSA) is 67.2 Å². The number of nitrogens with one attached hydrogen (secondary N) is 1. The van der Waals surface area contributed by atoms with Crippen molar-refractivity contribution in [1.29, 1.82) is 0 Å². The van der Waals surface area contributed by atoms with Crippen LogP contribution in [0, 0.1) is 5.92 Å². The molecule has 0 atom stereocenters. The lowest BCUT2D eigenvalue weighted by atomic mass is 10.2. The van der Waals surface area contributed by atoms with E-state index in [2.05, 4.69) is 28.7 Å². The van der Waals surface area contributed by atoms with Crippen LogP contribution in [0.5, 0.6) is 0 Å². The minimum absolute atomic E-state index is 0.183. The highest BCUT2D eigenvalue weighted by atomic mass is 35.5. The van der Waals surface area contributed by atoms with E-state index in [4.69, 9.17) is 11.6 Å². The van der Waals surface area contributed by atoms with Crippen molar-refractivity contribution >= 4 is 46.3 Å². The van der Waals surface area contributed by atoms with Gasteiger partial charge in [0, 0.05) is 24.7 Å². The number of fused-ring (bicyclic) bond motifs is 1. The molecule has 1 aromatic heterocycles. The molecule has 24 heavy (non-hydrogen) atoms. The van der Waals surface area contributed by atoms with Crippen molar-refractivity contribution in [2.24, 2.45) is 5.92 Å². The number of nitrogens with zero attached hydrogens (tertiary/aromatic N) is 3. The summed E-state index contributed by atoms with van der Waals surface area (Å²) in [6, 6.07) is 5.31. The smallest absolute Gasteiger partial charge is 0.324 e. The molecule has 2 aromatic rings. The molecular weight excluding hydrogens is 348 g/mol. The number of hydrogen-bond acceptors (Lipinski definition) is 4. The van der Waals surface area contributed by atoms with Crippen LogP contribution in [0.3, 0.4) is 0 Å². The maximum Gasteiger partial charge on any atom is 0.324 e. The number of halogens is 1. The summed E-state index contributed by atoms with van der Waals surface area (Å²) in [7, 11) is 0. The predicted octanol–water partition coefficient (Wildman–Crippen LogP) is 2.99. The largest absolute Gasteiger partial charge is 0.336 e. The molecule has 0 saturated carbocycles. The van der Waals surface area contributed by atoms with Gasteiger partial charge < -0.3 is 9.88 Å². The Bertz CT molecular complexity index is 790. The van der Waals surface area contributed by atoms with Crippen LogP contribution in [0.15, 0.2) is 23.4 Å². The lowest BCUT2D eigenvalue weighted by molar-refractivity contribution is -0.124. The molecule has 8 heteroatoms. The predicted molar refractivity (Wildman–Crippen MR) is 95.4 cm³/mol. The van der Waals surface area contributed by atoms with Gasteiger partial charge in [-0.1, -0.05) is 37.2 Å². The van der Waals surface area contributed by atoms with Crippen LogP contribution >= 0.6 is 23.4 Å². The number of imide groups is 1. The Morgan fingerprint density at radius 2 is 2.25 bits per heavy atom. The molecule has 1 fully saturated rings. The molecule has 0 spiro atoms. The highest BCUT2D eigenvalue weighted by Gasteiger charge is 2.26. The van der Waals surface area contributed by atoms with Crippen LogP contribution in [-0.4, -0.2) is 45.2 Å². The number of carbonyl (C=O) groups is 2. The third-order valence-electron chi connectivity index (χ3n) is 3.71. The number of thioether (sulfide) groups is 1. The molecule has 3 amide bonds. The number of aromatic nitrogens is 2. The van der Waals surface area contributed by atoms with E-state index < -0.39 is 0 Å². The number of amides is 3. The Morgan fingerprint density at radius 1 is 1.46 bits per heavy atom. The first kappa shape index (κ1) is 17.1. The van der Waals surface area contributed by atoms with E-state index >= 15 is 0 Å². The third kappa shape index (κ3) is 3.52. The Morgan fingerprint density at radius 3 is 2.92 bits per heavy atom. The van der Waals surface area contributed by atoms with Crippen molar-refractivity contribution in [3.05, 3.63) is 23.2 Å². The second-order valence-corrected chi connectivity index (χ2v) is 7.48. The molecule has 6 nitrogen and oxygen atoms in total. The van der Waals surface area contributed by atoms with Gasteiger partial charge in [0.2, 0.25) is 5.91 Å². The van der Waals surface area contributed by atoms with Crippen molar-refractivity contribution in [3.8, 4) is 0 Å². The lowest BCUT2D eigenvalue weighted by Crippen LogP contribution is -2.35. The van der Waals surface area contributed by atoms with Crippen LogP contribution in [0.1, 0.15) is 13.8 Å². The highest BCUT2D eigenvalue weighted by molar-refractivity contribution is 7.99. The van der Waals surface area contributed by atoms with E-state index in [0.717, 1.165) is 22.7 Å². The molecule has 1 aromatic carbocycles. The van der Waals surface area contributed by atoms with E-state index in [0.29, 0.717) is 24.0 Å². The number of rotatable bonds is 5. The SMILES string of the molecule is CC(C)Cn1c(SCC(=O)N2CCNC2=O)nc2cc(Cl)ccc21. The molecule has 1 aliphatic rings. The normalized spacial score (nSPS) is 14.7. The van der Waals surface area contributed by atoms with Gasteiger partial charge in [-0.2, -0.15) is 0 Å². The Kier molecular flexibility index (Phi) is 5.01. The summed E-state index contributed by atoms with van der Waals surface area (Å²) < 4.78 is 2.11. The molecule has 3 rings (SSSR count). The van der Waals surface area contributed by atoms with Gasteiger partial charge in [-0.3, -0.25) is 9.69 Å². The van der Waals surface area contributed by atoms with Crippen LogP contribution < -0.4 is 5.32 Å². The van der Waals surface area contributed by atoms with Gasteiger partial charge in [0.05, 0.1) is 16.8 Å². The Labute approximate surface area is 149 Å². The zero-order valence-corrected chi connectivity index (χ0v) is 15.2. The zero-order valence-electron chi connectivity index (χ0n) is 13.6. The van der Waals surface area contributed by atoms with Crippen molar-refractivity contribution in [3.63, 3.8) is 0 Å². The molecule has 1 saturated heterocycles. The maximum atomic E-state index is 12.2. The molecule has 0 aliphatic carbocycles. The lowest BCUT2D eigenvalue weighted by Gasteiger charge is -2.13. The number of imidazole rings is 1. The van der Waals surface area contributed by atoms with Gasteiger partial charge in [0.1, 0.15) is 0 Å². The van der Waals surface area contributed by atoms with Gasteiger partial charge in [-0.15, -0.1) is 0 Å². The first-order chi connectivity index (χ1) is 11.5. The molecule has 2 heterocycles. The molecule has 0 unspecified atom stereocenters. The highest BCUT2D eigenvalue weighted by Crippen LogP contribution is 2.27. The second kappa shape index (κ2) is 7.03. The standard InChI is InChI=1S/C16H19ClN4O2S/c1-10(2)8-21-13-4-3-11(17)7-12(13)19-16(21)24-9-14(22)20-6-5-18-15(20)23/h3-4,7,10H,5-6,8-9H2,1-2H3,(H,18,23). The monoisotopic (exact) mass is 366 g/mol. The number of carbonyl (C=O) groups excluding carboxylic acids is 2. The molecule has 128 valence electrons. The summed E-state index contributed by atoms with van der Waals surface area (Å²) in [6.07, 6.45) is 0. The first-order valence-corrected chi connectivity index (χ1v) is 9.19. The molecular formula is C16H19ClN4O2S. The van der Waals surface area contributed by atoms with Crippen molar-refractivity contribution < 1.29 is 9.59 Å². The second-order valence-electron chi connectivity index (χ2n) is 6.10. The van der Waals surface area contributed by atoms with E-state index in [9.17, 15) is 9.59 Å². The summed E-state index contributed by atoms with van der Waals surface area (Å²) in [4.78, 5) is 29.6. The third-order valence-corrected chi connectivity index (χ3v) is 4.90. The Hall–Kier alpha value is -1.73. The average molecular weight is 367 g/mol. The Balaban J connectivity index is 1.82. The minimum Gasteiger partial charge on any atom is -0.336 e. The fourth-order valence-electron chi connectivity index (χ4n) is 2.65. The van der Waals surface area contributed by atoms with Crippen LogP contribution in [0.2, 0.25) is 5.02 Å². The van der Waals surface area contributed by atoms with Crippen LogP contribution in [-0.2, 0) is 11.3 Å². The quantitative estimate of drug-likeness (QED) is 0.826. The summed E-state index contributed by atoms with van der Waals surface area (Å²) in [5.74, 6) is 0.427. The first-order valence-electron chi connectivity index (χ1n) is 7.82. The number of hydrogen-bond donors (Lipinski definition) is 1.